The summed E-state index contributed by atoms with van der Waals surface area (Å²) in [5.74, 6) is -0.237. The number of anilines is 1. The molecule has 1 aliphatic heterocycles. The number of carbonyl (C=O) groups is 1. The summed E-state index contributed by atoms with van der Waals surface area (Å²) >= 11 is 0. The topological polar surface area (TPSA) is 71.7 Å². The first-order chi connectivity index (χ1) is 12.7. The first-order valence-corrected chi connectivity index (χ1v) is 8.96. The van der Waals surface area contributed by atoms with Crippen LogP contribution in [0.3, 0.4) is 0 Å². The van der Waals surface area contributed by atoms with E-state index < -0.39 is 0 Å². The molecule has 6 nitrogen and oxygen atoms in total. The Bertz CT molecular complexity index is 725. The number of pyridine rings is 1. The van der Waals surface area contributed by atoms with Gasteiger partial charge < -0.3 is 15.4 Å². The fourth-order valence-electron chi connectivity index (χ4n) is 3.28. The van der Waals surface area contributed by atoms with Crippen LogP contribution in [0.4, 0.5) is 5.69 Å². The van der Waals surface area contributed by atoms with Crippen molar-refractivity contribution in [3.8, 4) is 11.3 Å². The molecule has 0 atom stereocenters. The number of carbonyl (C=O) groups excluding carboxylic acids is 1. The first-order valence-electron chi connectivity index (χ1n) is 8.96. The van der Waals surface area contributed by atoms with Gasteiger partial charge in [0.25, 0.3) is 0 Å². The van der Waals surface area contributed by atoms with Crippen molar-refractivity contribution < 1.29 is 9.53 Å². The van der Waals surface area contributed by atoms with Crippen molar-refractivity contribution >= 4 is 11.6 Å². The summed E-state index contributed by atoms with van der Waals surface area (Å²) in [7, 11) is 1.70. The summed E-state index contributed by atoms with van der Waals surface area (Å²) in [4.78, 5) is 20.2. The summed E-state index contributed by atoms with van der Waals surface area (Å²) < 4.78 is 5.18. The number of primary amides is 1. The molecule has 3 rings (SSSR count). The number of rotatable bonds is 7. The van der Waals surface area contributed by atoms with E-state index >= 15 is 0 Å². The zero-order chi connectivity index (χ0) is 18.4. The predicted octanol–water partition coefficient (Wildman–Crippen LogP) is 1.89. The van der Waals surface area contributed by atoms with Gasteiger partial charge in [-0.05, 0) is 17.7 Å². The van der Waals surface area contributed by atoms with Gasteiger partial charge in [-0.2, -0.15) is 0 Å². The van der Waals surface area contributed by atoms with E-state index in [2.05, 4.69) is 45.1 Å². The monoisotopic (exact) mass is 354 g/mol. The van der Waals surface area contributed by atoms with E-state index in [1.807, 2.05) is 12.3 Å². The molecule has 0 radical (unpaired) electrons. The van der Waals surface area contributed by atoms with Crippen LogP contribution in [-0.2, 0) is 16.1 Å². The summed E-state index contributed by atoms with van der Waals surface area (Å²) in [6.45, 7) is 5.04. The molecule has 1 aliphatic rings. The Hall–Kier alpha value is -2.44. The van der Waals surface area contributed by atoms with E-state index in [0.717, 1.165) is 55.2 Å². The van der Waals surface area contributed by atoms with Gasteiger partial charge in [-0.25, -0.2) is 0 Å². The number of hydrogen-bond donors (Lipinski definition) is 1. The molecule has 0 unspecified atom stereocenters. The molecule has 1 aromatic carbocycles. The van der Waals surface area contributed by atoms with Crippen molar-refractivity contribution in [3.63, 3.8) is 0 Å². The Morgan fingerprint density at radius 3 is 2.54 bits per heavy atom. The predicted molar refractivity (Wildman–Crippen MR) is 103 cm³/mol. The van der Waals surface area contributed by atoms with Gasteiger partial charge in [0, 0.05) is 58.0 Å². The SMILES string of the molecule is COCc1ccc(-c2ncccc2N2CCN(CCC(N)=O)CC2)cc1. The third-order valence-corrected chi connectivity index (χ3v) is 4.71. The molecule has 1 fully saturated rings. The lowest BCUT2D eigenvalue weighted by Gasteiger charge is -2.36. The number of ether oxygens (including phenoxy) is 1. The third-order valence-electron chi connectivity index (χ3n) is 4.71. The van der Waals surface area contributed by atoms with Crippen LogP contribution < -0.4 is 10.6 Å². The molecule has 0 saturated carbocycles. The van der Waals surface area contributed by atoms with Gasteiger partial charge in [-0.3, -0.25) is 14.7 Å². The van der Waals surface area contributed by atoms with E-state index in [1.165, 1.54) is 0 Å². The van der Waals surface area contributed by atoms with Gasteiger partial charge in [0.05, 0.1) is 18.0 Å². The third kappa shape index (κ3) is 4.59. The number of methoxy groups -OCH3 is 1. The minimum atomic E-state index is -0.237. The second kappa shape index (κ2) is 8.78. The lowest BCUT2D eigenvalue weighted by molar-refractivity contribution is -0.118. The van der Waals surface area contributed by atoms with Gasteiger partial charge >= 0.3 is 0 Å². The standard InChI is InChI=1S/C20H26N4O2/c1-26-15-16-4-6-17(7-5-16)20-18(3-2-9-22-20)24-13-11-23(12-14-24)10-8-19(21)25/h2-7,9H,8,10-15H2,1H3,(H2,21,25). The Balaban J connectivity index is 1.71. The number of piperazine rings is 1. The maximum Gasteiger partial charge on any atom is 0.218 e. The Kier molecular flexibility index (Phi) is 6.20. The number of aromatic nitrogens is 1. The molecule has 1 saturated heterocycles. The minimum Gasteiger partial charge on any atom is -0.380 e. The van der Waals surface area contributed by atoms with E-state index in [-0.39, 0.29) is 5.91 Å². The normalized spacial score (nSPS) is 15.2. The lowest BCUT2D eigenvalue weighted by Crippen LogP contribution is -2.47. The number of nitrogens with two attached hydrogens (primary N) is 1. The van der Waals surface area contributed by atoms with Crippen LogP contribution in [0.5, 0.6) is 0 Å². The van der Waals surface area contributed by atoms with Crippen molar-refractivity contribution in [1.82, 2.24) is 9.88 Å². The Labute approximate surface area is 154 Å². The summed E-state index contributed by atoms with van der Waals surface area (Å²) in [6, 6.07) is 12.5. The summed E-state index contributed by atoms with van der Waals surface area (Å²) in [5, 5.41) is 0. The Morgan fingerprint density at radius 1 is 1.15 bits per heavy atom. The molecule has 1 aromatic heterocycles. The molecule has 2 N–H and O–H groups in total. The van der Waals surface area contributed by atoms with Crippen molar-refractivity contribution in [2.45, 2.75) is 13.0 Å². The molecule has 2 heterocycles. The molecular formula is C20H26N4O2. The Morgan fingerprint density at radius 2 is 1.88 bits per heavy atom. The molecule has 138 valence electrons. The second-order valence-corrected chi connectivity index (χ2v) is 6.55. The van der Waals surface area contributed by atoms with Crippen molar-refractivity contribution in [2.75, 3.05) is 44.7 Å². The largest absolute Gasteiger partial charge is 0.380 e. The van der Waals surface area contributed by atoms with Crippen LogP contribution in [0.2, 0.25) is 0 Å². The quantitative estimate of drug-likeness (QED) is 0.822. The van der Waals surface area contributed by atoms with Gasteiger partial charge in [-0.15, -0.1) is 0 Å². The second-order valence-electron chi connectivity index (χ2n) is 6.55. The number of benzene rings is 1. The zero-order valence-electron chi connectivity index (χ0n) is 15.2. The number of amides is 1. The number of hydrogen-bond acceptors (Lipinski definition) is 5. The van der Waals surface area contributed by atoms with Crippen LogP contribution >= 0.6 is 0 Å². The van der Waals surface area contributed by atoms with Gasteiger partial charge in [0.2, 0.25) is 5.91 Å². The fraction of sp³-hybridized carbons (Fsp3) is 0.400. The van der Waals surface area contributed by atoms with Gasteiger partial charge in [0.1, 0.15) is 0 Å². The highest BCUT2D eigenvalue weighted by Gasteiger charge is 2.20. The van der Waals surface area contributed by atoms with Crippen molar-refractivity contribution in [1.29, 1.82) is 0 Å². The molecule has 6 heteroatoms. The molecule has 0 spiro atoms. The molecule has 0 bridgehead atoms. The van der Waals surface area contributed by atoms with E-state index in [0.29, 0.717) is 13.0 Å². The fourth-order valence-corrected chi connectivity index (χ4v) is 3.28. The lowest BCUT2D eigenvalue weighted by atomic mass is 10.1. The molecule has 26 heavy (non-hydrogen) atoms. The highest BCUT2D eigenvalue weighted by Crippen LogP contribution is 2.29. The molecule has 1 amide bonds. The highest BCUT2D eigenvalue weighted by atomic mass is 16.5. The van der Waals surface area contributed by atoms with Gasteiger partial charge in [-0.1, -0.05) is 24.3 Å². The number of nitrogens with zero attached hydrogens (tertiary/aromatic N) is 3. The van der Waals surface area contributed by atoms with Gasteiger partial charge in [0.15, 0.2) is 0 Å². The molecular weight excluding hydrogens is 328 g/mol. The summed E-state index contributed by atoms with van der Waals surface area (Å²) in [5.41, 5.74) is 9.66. The zero-order valence-corrected chi connectivity index (χ0v) is 15.2. The average molecular weight is 354 g/mol. The maximum atomic E-state index is 11.0. The average Bonchev–Trinajstić information content (AvgIpc) is 2.68. The summed E-state index contributed by atoms with van der Waals surface area (Å²) in [6.07, 6.45) is 2.26. The van der Waals surface area contributed by atoms with E-state index in [1.54, 1.807) is 7.11 Å². The van der Waals surface area contributed by atoms with E-state index in [9.17, 15) is 4.79 Å². The van der Waals surface area contributed by atoms with Crippen LogP contribution in [0.1, 0.15) is 12.0 Å². The minimum absolute atomic E-state index is 0.237. The smallest absolute Gasteiger partial charge is 0.218 e. The maximum absolute atomic E-state index is 11.0. The first kappa shape index (κ1) is 18.4. The van der Waals surface area contributed by atoms with Crippen molar-refractivity contribution in [3.05, 3.63) is 48.2 Å². The molecule has 2 aromatic rings. The van der Waals surface area contributed by atoms with E-state index in [4.69, 9.17) is 10.5 Å². The highest BCUT2D eigenvalue weighted by molar-refractivity contribution is 5.75. The van der Waals surface area contributed by atoms with Crippen LogP contribution in [-0.4, -0.2) is 55.6 Å². The van der Waals surface area contributed by atoms with Crippen LogP contribution in [0.25, 0.3) is 11.3 Å². The van der Waals surface area contributed by atoms with Crippen molar-refractivity contribution in [2.24, 2.45) is 5.73 Å². The molecule has 0 aliphatic carbocycles. The van der Waals surface area contributed by atoms with Crippen LogP contribution in [0, 0.1) is 0 Å². The van der Waals surface area contributed by atoms with Crippen LogP contribution in [0.15, 0.2) is 42.6 Å².